The van der Waals surface area contributed by atoms with Crippen molar-refractivity contribution < 1.29 is 28.2 Å². The molecule has 2 heterocycles. The van der Waals surface area contributed by atoms with Gasteiger partial charge in [-0.3, -0.25) is 0 Å². The highest BCUT2D eigenvalue weighted by Gasteiger charge is 2.48. The molecule has 3 fully saturated rings. The minimum Gasteiger partial charge on any atom is -0.416 e. The van der Waals surface area contributed by atoms with Crippen molar-refractivity contribution in [3.8, 4) is 0 Å². The molecular formula is C29H52O6Si. The van der Waals surface area contributed by atoms with Crippen LogP contribution in [0.5, 0.6) is 0 Å². The largest absolute Gasteiger partial charge is 0.416 e. The zero-order chi connectivity index (χ0) is 26.0. The van der Waals surface area contributed by atoms with Crippen LogP contribution in [0.25, 0.3) is 0 Å². The molecule has 0 aromatic carbocycles. The Hall–Kier alpha value is -0.573. The Labute approximate surface area is 220 Å². The zero-order valence-electron chi connectivity index (χ0n) is 23.5. The second-order valence-corrected chi connectivity index (χ2v) is 17.2. The maximum atomic E-state index is 10.7. The maximum Gasteiger partial charge on any atom is 0.191 e. The summed E-state index contributed by atoms with van der Waals surface area (Å²) in [6.45, 7) is 13.8. The molecule has 1 saturated carbocycles. The van der Waals surface area contributed by atoms with E-state index in [0.29, 0.717) is 18.9 Å². The molecular weight excluding hydrogens is 472 g/mol. The smallest absolute Gasteiger partial charge is 0.191 e. The van der Waals surface area contributed by atoms with Gasteiger partial charge in [0.05, 0.1) is 12.2 Å². The van der Waals surface area contributed by atoms with E-state index in [1.165, 1.54) is 0 Å². The molecule has 3 aliphatic rings. The molecule has 0 amide bonds. The maximum absolute atomic E-state index is 10.7. The van der Waals surface area contributed by atoms with Crippen molar-refractivity contribution in [3.63, 3.8) is 0 Å². The average Bonchev–Trinajstić information content (AvgIpc) is 3.16. The molecule has 0 radical (unpaired) electrons. The fourth-order valence-electron chi connectivity index (χ4n) is 5.24. The fraction of sp³-hybridized carbons (Fsp3) is 0.897. The molecule has 2 aliphatic heterocycles. The Bertz CT molecular complexity index is 663. The third-order valence-corrected chi connectivity index (χ3v) is 13.1. The molecule has 6 atom stereocenters. The van der Waals surface area contributed by atoms with Crippen LogP contribution in [-0.2, 0) is 28.2 Å². The summed E-state index contributed by atoms with van der Waals surface area (Å²) in [6.07, 6.45) is 16.1. The van der Waals surface area contributed by atoms with Crippen molar-refractivity contribution in [2.75, 3.05) is 19.8 Å². The predicted molar refractivity (Wildman–Crippen MR) is 145 cm³/mol. The number of allylic oxidation sites excluding steroid dienone is 2. The lowest BCUT2D eigenvalue weighted by Gasteiger charge is -2.39. The van der Waals surface area contributed by atoms with Gasteiger partial charge in [-0.2, -0.15) is 0 Å². The molecule has 3 rings (SSSR count). The Kier molecular flexibility index (Phi) is 12.1. The van der Waals surface area contributed by atoms with E-state index >= 15 is 0 Å². The van der Waals surface area contributed by atoms with Gasteiger partial charge in [0.2, 0.25) is 0 Å². The standard InChI is InChI=1S/C29H52O6Si/c1-29(2,3)36(4,5)33-22-24-23(15-9-7-6-8-12-18-30)25(34-27-16-10-13-19-31-27)21-26(24)35-28-17-11-14-20-32-28/h7,9,18,23-28H,6,8,10-17,19-22H2,1-5H3/t23-,24-,25+,26-,27?,28?/m1/s1. The molecule has 0 bridgehead atoms. The van der Waals surface area contributed by atoms with Gasteiger partial charge in [0.25, 0.3) is 0 Å². The average molecular weight is 525 g/mol. The van der Waals surface area contributed by atoms with E-state index in [1.54, 1.807) is 0 Å². The number of unbranched alkanes of at least 4 members (excludes halogenated alkanes) is 2. The summed E-state index contributed by atoms with van der Waals surface area (Å²) in [5, 5.41) is 0.161. The number of hydrogen-bond donors (Lipinski definition) is 0. The van der Waals surface area contributed by atoms with Crippen molar-refractivity contribution in [1.82, 2.24) is 0 Å². The number of aldehydes is 1. The van der Waals surface area contributed by atoms with E-state index in [-0.39, 0.29) is 35.7 Å². The second-order valence-electron chi connectivity index (χ2n) is 12.4. The first-order valence-electron chi connectivity index (χ1n) is 14.5. The van der Waals surface area contributed by atoms with Crippen LogP contribution in [0, 0.1) is 11.8 Å². The quantitative estimate of drug-likeness (QED) is 0.114. The minimum atomic E-state index is -1.90. The van der Waals surface area contributed by atoms with E-state index in [2.05, 4.69) is 46.0 Å². The van der Waals surface area contributed by atoms with Gasteiger partial charge in [-0.05, 0) is 81.8 Å². The summed E-state index contributed by atoms with van der Waals surface area (Å²) in [4.78, 5) is 10.7. The Balaban J connectivity index is 1.75. The van der Waals surface area contributed by atoms with Gasteiger partial charge >= 0.3 is 0 Å². The Morgan fingerprint density at radius 1 is 0.861 bits per heavy atom. The lowest BCUT2D eigenvalue weighted by atomic mass is 9.90. The summed E-state index contributed by atoms with van der Waals surface area (Å²) in [7, 11) is -1.90. The lowest BCUT2D eigenvalue weighted by molar-refractivity contribution is -0.204. The van der Waals surface area contributed by atoms with Crippen LogP contribution in [-0.4, -0.2) is 59.2 Å². The Morgan fingerprint density at radius 3 is 2.00 bits per heavy atom. The van der Waals surface area contributed by atoms with Gasteiger partial charge in [0.1, 0.15) is 6.29 Å². The topological polar surface area (TPSA) is 63.2 Å². The molecule has 2 saturated heterocycles. The van der Waals surface area contributed by atoms with Crippen molar-refractivity contribution >= 4 is 14.6 Å². The first-order chi connectivity index (χ1) is 17.2. The monoisotopic (exact) mass is 524 g/mol. The number of carbonyl (C=O) groups excluding carboxylic acids is 1. The highest BCUT2D eigenvalue weighted by molar-refractivity contribution is 6.74. The molecule has 1 aliphatic carbocycles. The van der Waals surface area contributed by atoms with E-state index in [0.717, 1.165) is 83.7 Å². The SMILES string of the molecule is CC(C)(C)[Si](C)(C)OC[C@@H]1[C@@H](CC=CCCCC=O)[C@@H](OC2CCCCO2)C[C@H]1OC1CCCCO1. The summed E-state index contributed by atoms with van der Waals surface area (Å²) in [5.74, 6) is 0.550. The zero-order valence-corrected chi connectivity index (χ0v) is 24.5. The summed E-state index contributed by atoms with van der Waals surface area (Å²) in [5.41, 5.74) is 0. The van der Waals surface area contributed by atoms with Crippen LogP contribution in [0.3, 0.4) is 0 Å². The van der Waals surface area contributed by atoms with E-state index < -0.39 is 8.32 Å². The van der Waals surface area contributed by atoms with Crippen molar-refractivity contribution in [2.24, 2.45) is 11.8 Å². The summed E-state index contributed by atoms with van der Waals surface area (Å²) in [6, 6.07) is 0. The molecule has 7 heteroatoms. The van der Waals surface area contributed by atoms with Crippen molar-refractivity contribution in [2.45, 2.75) is 134 Å². The van der Waals surface area contributed by atoms with Gasteiger partial charge in [-0.15, -0.1) is 0 Å². The normalized spacial score (nSPS) is 32.2. The third kappa shape index (κ3) is 9.02. The molecule has 0 aromatic heterocycles. The number of rotatable bonds is 13. The second kappa shape index (κ2) is 14.5. The summed E-state index contributed by atoms with van der Waals surface area (Å²) >= 11 is 0. The van der Waals surface area contributed by atoms with Gasteiger partial charge in [0, 0.05) is 38.6 Å². The predicted octanol–water partition coefficient (Wildman–Crippen LogP) is 6.78. The fourth-order valence-corrected chi connectivity index (χ4v) is 6.28. The van der Waals surface area contributed by atoms with E-state index in [1.807, 2.05) is 0 Å². The lowest BCUT2D eigenvalue weighted by Crippen LogP contribution is -2.44. The van der Waals surface area contributed by atoms with Crippen LogP contribution in [0.15, 0.2) is 12.2 Å². The van der Waals surface area contributed by atoms with Gasteiger partial charge in [-0.25, -0.2) is 0 Å². The molecule has 0 N–H and O–H groups in total. The molecule has 208 valence electrons. The van der Waals surface area contributed by atoms with E-state index in [9.17, 15) is 4.79 Å². The molecule has 6 nitrogen and oxygen atoms in total. The third-order valence-electron chi connectivity index (χ3n) is 8.61. The number of ether oxygens (including phenoxy) is 4. The minimum absolute atomic E-state index is 0.0555. The molecule has 2 unspecified atom stereocenters. The Morgan fingerprint density at radius 2 is 1.47 bits per heavy atom. The molecule has 36 heavy (non-hydrogen) atoms. The van der Waals surface area contributed by atoms with Gasteiger partial charge < -0.3 is 28.2 Å². The summed E-state index contributed by atoms with van der Waals surface area (Å²) < 4.78 is 32.0. The molecule has 0 spiro atoms. The van der Waals surface area contributed by atoms with Crippen molar-refractivity contribution in [3.05, 3.63) is 12.2 Å². The highest BCUT2D eigenvalue weighted by Crippen LogP contribution is 2.43. The first kappa shape index (κ1) is 30.0. The van der Waals surface area contributed by atoms with Crippen LogP contribution >= 0.6 is 0 Å². The number of carbonyl (C=O) groups is 1. The van der Waals surface area contributed by atoms with Crippen LogP contribution in [0.4, 0.5) is 0 Å². The number of hydrogen-bond acceptors (Lipinski definition) is 6. The first-order valence-corrected chi connectivity index (χ1v) is 17.4. The van der Waals surface area contributed by atoms with Crippen LogP contribution in [0.2, 0.25) is 18.1 Å². The van der Waals surface area contributed by atoms with Crippen LogP contribution < -0.4 is 0 Å². The van der Waals surface area contributed by atoms with Gasteiger partial charge in [0.15, 0.2) is 20.9 Å². The molecule has 0 aromatic rings. The van der Waals surface area contributed by atoms with E-state index in [4.69, 9.17) is 23.4 Å². The van der Waals surface area contributed by atoms with Crippen LogP contribution in [0.1, 0.15) is 91.4 Å². The highest BCUT2D eigenvalue weighted by atomic mass is 28.4. The van der Waals surface area contributed by atoms with Crippen molar-refractivity contribution in [1.29, 1.82) is 0 Å². The van der Waals surface area contributed by atoms with Gasteiger partial charge in [-0.1, -0.05) is 32.9 Å².